The molecule has 1 unspecified atom stereocenters. The minimum atomic E-state index is -0.798. The van der Waals surface area contributed by atoms with E-state index in [0.717, 1.165) is 5.56 Å². The average Bonchev–Trinajstić information content (AvgIpc) is 2.29. The molecule has 0 saturated carbocycles. The lowest BCUT2D eigenvalue weighted by molar-refractivity contribution is -0.142. The summed E-state index contributed by atoms with van der Waals surface area (Å²) in [7, 11) is 0. The molecule has 0 fully saturated rings. The molecular weight excluding hydrogens is 245 g/mol. The maximum Gasteiger partial charge on any atom is 0.307 e. The summed E-state index contributed by atoms with van der Waals surface area (Å²) in [5.41, 5.74) is 0.840. The Morgan fingerprint density at radius 1 is 1.32 bits per heavy atom. The van der Waals surface area contributed by atoms with Gasteiger partial charge in [-0.05, 0) is 38.5 Å². The van der Waals surface area contributed by atoms with Gasteiger partial charge in [0.1, 0.15) is 5.82 Å². The number of hydrogen-bond donors (Lipinski definition) is 1. The molecule has 1 aromatic carbocycles. The van der Waals surface area contributed by atoms with Gasteiger partial charge in [-0.25, -0.2) is 4.39 Å². The van der Waals surface area contributed by atoms with Crippen molar-refractivity contribution in [3.05, 3.63) is 35.6 Å². The summed E-state index contributed by atoms with van der Waals surface area (Å²) in [5, 5.41) is 9.02. The maximum atomic E-state index is 12.9. The summed E-state index contributed by atoms with van der Waals surface area (Å²) in [6, 6.07) is 6.33. The first kappa shape index (κ1) is 15.6. The molecule has 0 amide bonds. The van der Waals surface area contributed by atoms with Crippen LogP contribution in [-0.2, 0) is 11.3 Å². The van der Waals surface area contributed by atoms with Crippen LogP contribution in [0.2, 0.25) is 0 Å². The number of hydrogen-bond acceptors (Lipinski definition) is 2. The molecule has 19 heavy (non-hydrogen) atoms. The highest BCUT2D eigenvalue weighted by Gasteiger charge is 2.25. The van der Waals surface area contributed by atoms with E-state index < -0.39 is 11.9 Å². The molecular formula is C15H22FNO2. The van der Waals surface area contributed by atoms with E-state index in [4.69, 9.17) is 5.11 Å². The van der Waals surface area contributed by atoms with Crippen molar-refractivity contribution >= 4 is 5.97 Å². The van der Waals surface area contributed by atoms with Gasteiger partial charge in [0, 0.05) is 18.6 Å². The molecule has 0 radical (unpaired) electrons. The smallest absolute Gasteiger partial charge is 0.307 e. The molecule has 0 aliphatic rings. The lowest BCUT2D eigenvalue weighted by Crippen LogP contribution is -2.44. The van der Waals surface area contributed by atoms with Crippen molar-refractivity contribution in [2.24, 2.45) is 5.92 Å². The Morgan fingerprint density at radius 3 is 2.26 bits per heavy atom. The molecule has 1 rings (SSSR count). The van der Waals surface area contributed by atoms with E-state index in [0.29, 0.717) is 13.1 Å². The molecule has 0 aromatic heterocycles. The van der Waals surface area contributed by atoms with Crippen molar-refractivity contribution < 1.29 is 14.3 Å². The van der Waals surface area contributed by atoms with Crippen molar-refractivity contribution in [2.75, 3.05) is 6.54 Å². The summed E-state index contributed by atoms with van der Waals surface area (Å²) in [5.74, 6) is -1.49. The maximum absolute atomic E-state index is 12.9. The summed E-state index contributed by atoms with van der Waals surface area (Å²) in [6.45, 7) is 8.92. The second kappa shape index (κ2) is 6.15. The third-order valence-corrected chi connectivity index (χ3v) is 3.15. The number of benzene rings is 1. The molecule has 0 heterocycles. The predicted octanol–water partition coefficient (Wildman–Crippen LogP) is 3.15. The fourth-order valence-corrected chi connectivity index (χ4v) is 1.79. The van der Waals surface area contributed by atoms with Crippen LogP contribution in [0, 0.1) is 11.7 Å². The van der Waals surface area contributed by atoms with Gasteiger partial charge in [-0.15, -0.1) is 0 Å². The first-order chi connectivity index (χ1) is 8.70. The SMILES string of the molecule is CC(CN(Cc1ccc(F)cc1)C(C)(C)C)C(=O)O. The van der Waals surface area contributed by atoms with E-state index in [-0.39, 0.29) is 11.4 Å². The van der Waals surface area contributed by atoms with Gasteiger partial charge in [-0.2, -0.15) is 0 Å². The first-order valence-corrected chi connectivity index (χ1v) is 6.42. The monoisotopic (exact) mass is 267 g/mol. The van der Waals surface area contributed by atoms with Gasteiger partial charge in [-0.1, -0.05) is 19.1 Å². The number of nitrogens with zero attached hydrogens (tertiary/aromatic N) is 1. The van der Waals surface area contributed by atoms with Crippen LogP contribution in [0.3, 0.4) is 0 Å². The normalized spacial score (nSPS) is 13.6. The fourth-order valence-electron chi connectivity index (χ4n) is 1.79. The fraction of sp³-hybridized carbons (Fsp3) is 0.533. The van der Waals surface area contributed by atoms with Crippen LogP contribution in [0.5, 0.6) is 0 Å². The first-order valence-electron chi connectivity index (χ1n) is 6.42. The third-order valence-electron chi connectivity index (χ3n) is 3.15. The van der Waals surface area contributed by atoms with Gasteiger partial charge < -0.3 is 5.11 Å². The Morgan fingerprint density at radius 2 is 1.84 bits per heavy atom. The van der Waals surface area contributed by atoms with Crippen LogP contribution in [0.4, 0.5) is 4.39 Å². The molecule has 1 aromatic rings. The quantitative estimate of drug-likeness (QED) is 0.891. The van der Waals surface area contributed by atoms with Crippen LogP contribution >= 0.6 is 0 Å². The average molecular weight is 267 g/mol. The Balaban J connectivity index is 2.81. The molecule has 0 saturated heterocycles. The van der Waals surface area contributed by atoms with Gasteiger partial charge in [0.25, 0.3) is 0 Å². The Bertz CT molecular complexity index is 423. The predicted molar refractivity (Wildman–Crippen MR) is 73.4 cm³/mol. The highest BCUT2D eigenvalue weighted by atomic mass is 19.1. The molecule has 0 spiro atoms. The Hall–Kier alpha value is -1.42. The molecule has 4 heteroatoms. The van der Waals surface area contributed by atoms with Crippen LogP contribution in [0.25, 0.3) is 0 Å². The minimum absolute atomic E-state index is 0.141. The van der Waals surface area contributed by atoms with Gasteiger partial charge in [0.2, 0.25) is 0 Å². The van der Waals surface area contributed by atoms with Crippen LogP contribution in [0.1, 0.15) is 33.3 Å². The van der Waals surface area contributed by atoms with E-state index in [1.165, 1.54) is 12.1 Å². The van der Waals surface area contributed by atoms with Crippen LogP contribution in [-0.4, -0.2) is 28.1 Å². The number of halogens is 1. The van der Waals surface area contributed by atoms with Crippen molar-refractivity contribution in [2.45, 2.75) is 39.8 Å². The zero-order valence-corrected chi connectivity index (χ0v) is 12.0. The highest BCUT2D eigenvalue weighted by molar-refractivity contribution is 5.69. The second-order valence-corrected chi connectivity index (χ2v) is 5.92. The molecule has 1 atom stereocenters. The Kier molecular flexibility index (Phi) is 5.06. The third kappa shape index (κ3) is 4.99. The molecule has 0 aliphatic heterocycles. The van der Waals surface area contributed by atoms with E-state index in [2.05, 4.69) is 4.90 Å². The van der Waals surface area contributed by atoms with E-state index in [9.17, 15) is 9.18 Å². The van der Waals surface area contributed by atoms with E-state index >= 15 is 0 Å². The number of carbonyl (C=O) groups is 1. The second-order valence-electron chi connectivity index (χ2n) is 5.92. The van der Waals surface area contributed by atoms with Crippen molar-refractivity contribution in [3.63, 3.8) is 0 Å². The summed E-state index contributed by atoms with van der Waals surface area (Å²) in [4.78, 5) is 13.1. The summed E-state index contributed by atoms with van der Waals surface area (Å²) < 4.78 is 12.9. The largest absolute Gasteiger partial charge is 0.481 e. The zero-order valence-electron chi connectivity index (χ0n) is 12.0. The van der Waals surface area contributed by atoms with Gasteiger partial charge in [-0.3, -0.25) is 9.69 Å². The Labute approximate surface area is 114 Å². The van der Waals surface area contributed by atoms with Crippen LogP contribution < -0.4 is 0 Å². The molecule has 0 aliphatic carbocycles. The lowest BCUT2D eigenvalue weighted by atomic mass is 10.0. The zero-order chi connectivity index (χ0) is 14.6. The van der Waals surface area contributed by atoms with Gasteiger partial charge in [0.15, 0.2) is 0 Å². The van der Waals surface area contributed by atoms with E-state index in [1.807, 2.05) is 20.8 Å². The number of carboxylic acid groups (broad SMARTS) is 1. The van der Waals surface area contributed by atoms with Crippen molar-refractivity contribution in [1.29, 1.82) is 0 Å². The van der Waals surface area contributed by atoms with Gasteiger partial charge >= 0.3 is 5.97 Å². The minimum Gasteiger partial charge on any atom is -0.481 e. The van der Waals surface area contributed by atoms with Crippen molar-refractivity contribution in [3.8, 4) is 0 Å². The highest BCUT2D eigenvalue weighted by Crippen LogP contribution is 2.19. The topological polar surface area (TPSA) is 40.5 Å². The van der Waals surface area contributed by atoms with Gasteiger partial charge in [0.05, 0.1) is 5.92 Å². The molecule has 3 nitrogen and oxygen atoms in total. The van der Waals surface area contributed by atoms with Crippen molar-refractivity contribution in [1.82, 2.24) is 4.90 Å². The summed E-state index contributed by atoms with van der Waals surface area (Å²) in [6.07, 6.45) is 0. The lowest BCUT2D eigenvalue weighted by Gasteiger charge is -2.36. The molecule has 1 N–H and O–H groups in total. The number of rotatable bonds is 5. The van der Waals surface area contributed by atoms with E-state index in [1.54, 1.807) is 19.1 Å². The summed E-state index contributed by atoms with van der Waals surface area (Å²) >= 11 is 0. The van der Waals surface area contributed by atoms with Crippen LogP contribution in [0.15, 0.2) is 24.3 Å². The standard InChI is InChI=1S/C15H22FNO2/c1-11(14(18)19)9-17(15(2,3)4)10-12-5-7-13(16)8-6-12/h5-8,11H,9-10H2,1-4H3,(H,18,19). The molecule has 0 bridgehead atoms. The number of aliphatic carboxylic acids is 1. The number of carboxylic acids is 1. The molecule has 106 valence electrons.